The molecule has 128 valence electrons. The molecule has 0 heterocycles. The van der Waals surface area contributed by atoms with E-state index in [1.165, 1.54) is 13.2 Å². The van der Waals surface area contributed by atoms with E-state index in [1.807, 2.05) is 19.9 Å². The first-order valence-corrected chi connectivity index (χ1v) is 7.39. The minimum absolute atomic E-state index is 0.0270. The number of amides is 2. The minimum atomic E-state index is -0.377. The van der Waals surface area contributed by atoms with E-state index in [4.69, 9.17) is 14.7 Å². The number of carbonyl (C=O) groups excluding carboxylic acids is 2. The zero-order valence-corrected chi connectivity index (χ0v) is 14.0. The van der Waals surface area contributed by atoms with E-state index in [0.717, 1.165) is 5.56 Å². The van der Waals surface area contributed by atoms with Gasteiger partial charge >= 0.3 is 0 Å². The number of ether oxygens (including phenoxy) is 2. The first kappa shape index (κ1) is 19.0. The second kappa shape index (κ2) is 9.90. The van der Waals surface area contributed by atoms with E-state index in [-0.39, 0.29) is 31.0 Å². The summed E-state index contributed by atoms with van der Waals surface area (Å²) in [6, 6.07) is 6.97. The van der Waals surface area contributed by atoms with E-state index in [2.05, 4.69) is 10.6 Å². The van der Waals surface area contributed by atoms with Crippen molar-refractivity contribution in [3.05, 3.63) is 29.8 Å². The maximum Gasteiger partial charge on any atom is 0.244 e. The van der Waals surface area contributed by atoms with E-state index >= 15 is 0 Å². The summed E-state index contributed by atoms with van der Waals surface area (Å²) >= 11 is 0. The van der Waals surface area contributed by atoms with Crippen LogP contribution in [0.4, 0.5) is 0 Å². The molecule has 24 heavy (non-hydrogen) atoms. The van der Waals surface area contributed by atoms with Crippen molar-refractivity contribution in [3.8, 4) is 17.6 Å². The number of nitriles is 1. The molecule has 0 bridgehead atoms. The molecule has 0 unspecified atom stereocenters. The fraction of sp³-hybridized carbons (Fsp3) is 0.353. The van der Waals surface area contributed by atoms with Gasteiger partial charge in [0.2, 0.25) is 11.8 Å². The number of hydrogen-bond donors (Lipinski definition) is 2. The quantitative estimate of drug-likeness (QED) is 0.698. The van der Waals surface area contributed by atoms with Gasteiger partial charge in [0.1, 0.15) is 6.07 Å². The van der Waals surface area contributed by atoms with Gasteiger partial charge in [-0.2, -0.15) is 5.26 Å². The third-order valence-corrected chi connectivity index (χ3v) is 2.78. The Balaban J connectivity index is 2.61. The van der Waals surface area contributed by atoms with E-state index < -0.39 is 0 Å². The summed E-state index contributed by atoms with van der Waals surface area (Å²) in [5.74, 6) is 0.292. The van der Waals surface area contributed by atoms with Crippen LogP contribution < -0.4 is 20.1 Å². The number of hydrogen-bond acceptors (Lipinski definition) is 5. The lowest BCUT2D eigenvalue weighted by Crippen LogP contribution is -2.39. The van der Waals surface area contributed by atoms with Gasteiger partial charge in [-0.05, 0) is 37.6 Å². The fourth-order valence-corrected chi connectivity index (χ4v) is 1.79. The monoisotopic (exact) mass is 331 g/mol. The maximum atomic E-state index is 11.7. The van der Waals surface area contributed by atoms with E-state index in [9.17, 15) is 9.59 Å². The molecule has 0 aliphatic carbocycles. The Kier molecular flexibility index (Phi) is 7.85. The first-order valence-electron chi connectivity index (χ1n) is 7.39. The van der Waals surface area contributed by atoms with Crippen LogP contribution in [0, 0.1) is 11.3 Å². The number of carbonyl (C=O) groups is 2. The Hall–Kier alpha value is -3.01. The highest BCUT2D eigenvalue weighted by atomic mass is 16.5. The van der Waals surface area contributed by atoms with Crippen LogP contribution in [0.25, 0.3) is 6.08 Å². The van der Waals surface area contributed by atoms with Gasteiger partial charge in [0.05, 0.1) is 13.7 Å². The van der Waals surface area contributed by atoms with Gasteiger partial charge in [0.25, 0.3) is 0 Å². The summed E-state index contributed by atoms with van der Waals surface area (Å²) in [7, 11) is 1.49. The van der Waals surface area contributed by atoms with Crippen LogP contribution in [0.5, 0.6) is 11.5 Å². The van der Waals surface area contributed by atoms with Gasteiger partial charge < -0.3 is 20.1 Å². The molecule has 0 aliphatic rings. The van der Waals surface area contributed by atoms with Crippen molar-refractivity contribution in [3.63, 3.8) is 0 Å². The lowest BCUT2D eigenvalue weighted by molar-refractivity contribution is -0.124. The fourth-order valence-electron chi connectivity index (χ4n) is 1.79. The molecule has 1 rings (SSSR count). The SMILES string of the molecule is COc1cc(/C=C/C(=O)NCC(=O)NC(C)C)ccc1OCC#N. The summed E-state index contributed by atoms with van der Waals surface area (Å²) in [6.45, 7) is 3.53. The lowest BCUT2D eigenvalue weighted by Gasteiger charge is -2.09. The molecule has 1 aromatic rings. The molecule has 0 saturated carbocycles. The van der Waals surface area contributed by atoms with Gasteiger partial charge in [-0.1, -0.05) is 6.07 Å². The van der Waals surface area contributed by atoms with Crippen molar-refractivity contribution < 1.29 is 19.1 Å². The molecule has 1 aromatic carbocycles. The van der Waals surface area contributed by atoms with Gasteiger partial charge in [0, 0.05) is 12.1 Å². The van der Waals surface area contributed by atoms with Gasteiger partial charge in [0.15, 0.2) is 18.1 Å². The molecule has 0 spiro atoms. The number of nitrogens with zero attached hydrogens (tertiary/aromatic N) is 1. The normalized spacial score (nSPS) is 10.3. The van der Waals surface area contributed by atoms with Crippen molar-refractivity contribution in [1.82, 2.24) is 10.6 Å². The van der Waals surface area contributed by atoms with Crippen molar-refractivity contribution >= 4 is 17.9 Å². The summed E-state index contributed by atoms with van der Waals surface area (Å²) in [6.07, 6.45) is 2.92. The molecular weight excluding hydrogens is 310 g/mol. The van der Waals surface area contributed by atoms with Crippen LogP contribution in [0.2, 0.25) is 0 Å². The molecule has 0 fully saturated rings. The molecule has 0 saturated heterocycles. The van der Waals surface area contributed by atoms with E-state index in [0.29, 0.717) is 11.5 Å². The van der Waals surface area contributed by atoms with Gasteiger partial charge in [-0.25, -0.2) is 0 Å². The molecule has 0 aliphatic heterocycles. The molecule has 7 heteroatoms. The molecule has 0 aromatic heterocycles. The zero-order chi connectivity index (χ0) is 17.9. The first-order chi connectivity index (χ1) is 11.5. The van der Waals surface area contributed by atoms with Crippen molar-refractivity contribution in [1.29, 1.82) is 5.26 Å². The van der Waals surface area contributed by atoms with Crippen LogP contribution in [0.3, 0.4) is 0 Å². The number of benzene rings is 1. The van der Waals surface area contributed by atoms with Crippen molar-refractivity contribution in [2.45, 2.75) is 19.9 Å². The molecule has 2 N–H and O–H groups in total. The topological polar surface area (TPSA) is 100 Å². The highest BCUT2D eigenvalue weighted by Gasteiger charge is 2.06. The second-order valence-electron chi connectivity index (χ2n) is 5.13. The lowest BCUT2D eigenvalue weighted by atomic mass is 10.2. The highest BCUT2D eigenvalue weighted by molar-refractivity contribution is 5.94. The number of rotatable bonds is 8. The predicted octanol–water partition coefficient (Wildman–Crippen LogP) is 1.25. The Morgan fingerprint density at radius 1 is 1.33 bits per heavy atom. The third kappa shape index (κ3) is 6.83. The Labute approximate surface area is 141 Å². The average molecular weight is 331 g/mol. The summed E-state index contributed by atoms with van der Waals surface area (Å²) < 4.78 is 10.4. The van der Waals surface area contributed by atoms with Crippen LogP contribution in [-0.4, -0.2) is 38.1 Å². The predicted molar refractivity (Wildman–Crippen MR) is 89.4 cm³/mol. The summed E-state index contributed by atoms with van der Waals surface area (Å²) in [5.41, 5.74) is 0.720. The van der Waals surface area contributed by atoms with Crippen molar-refractivity contribution in [2.24, 2.45) is 0 Å². The summed E-state index contributed by atoms with van der Waals surface area (Å²) in [4.78, 5) is 23.1. The highest BCUT2D eigenvalue weighted by Crippen LogP contribution is 2.28. The smallest absolute Gasteiger partial charge is 0.244 e. The third-order valence-electron chi connectivity index (χ3n) is 2.78. The molecule has 0 atom stereocenters. The van der Waals surface area contributed by atoms with Crippen LogP contribution >= 0.6 is 0 Å². The largest absolute Gasteiger partial charge is 0.493 e. The van der Waals surface area contributed by atoms with Crippen LogP contribution in [-0.2, 0) is 9.59 Å². The minimum Gasteiger partial charge on any atom is -0.493 e. The van der Waals surface area contributed by atoms with Crippen LogP contribution in [0.15, 0.2) is 24.3 Å². The molecular formula is C17H21N3O4. The van der Waals surface area contributed by atoms with Crippen LogP contribution in [0.1, 0.15) is 19.4 Å². The Morgan fingerprint density at radius 2 is 2.08 bits per heavy atom. The van der Waals surface area contributed by atoms with E-state index in [1.54, 1.807) is 24.3 Å². The Morgan fingerprint density at radius 3 is 2.71 bits per heavy atom. The standard InChI is InChI=1S/C17H21N3O4/c1-12(2)20-17(22)11-19-16(21)7-5-13-4-6-14(24-9-8-18)15(10-13)23-3/h4-7,10,12H,9,11H2,1-3H3,(H,19,21)(H,20,22)/b7-5+. The number of methoxy groups -OCH3 is 1. The second-order valence-corrected chi connectivity index (χ2v) is 5.13. The average Bonchev–Trinajstić information content (AvgIpc) is 2.55. The van der Waals surface area contributed by atoms with Crippen molar-refractivity contribution in [2.75, 3.05) is 20.3 Å². The summed E-state index contributed by atoms with van der Waals surface area (Å²) in [5, 5.41) is 13.7. The zero-order valence-electron chi connectivity index (χ0n) is 14.0. The Bertz CT molecular complexity index is 648. The maximum absolute atomic E-state index is 11.7. The van der Waals surface area contributed by atoms with Gasteiger partial charge in [-0.3, -0.25) is 9.59 Å². The number of nitrogens with one attached hydrogen (secondary N) is 2. The van der Waals surface area contributed by atoms with Gasteiger partial charge in [-0.15, -0.1) is 0 Å². The molecule has 7 nitrogen and oxygen atoms in total. The molecule has 0 radical (unpaired) electrons. The molecule has 2 amide bonds.